The second-order valence-corrected chi connectivity index (χ2v) is 7.34. The van der Waals surface area contributed by atoms with Gasteiger partial charge < -0.3 is 19.6 Å². The Morgan fingerprint density at radius 1 is 1.03 bits per heavy atom. The van der Waals surface area contributed by atoms with Crippen LogP contribution in [-0.4, -0.2) is 55.0 Å². The first-order valence-corrected chi connectivity index (χ1v) is 10.3. The van der Waals surface area contributed by atoms with E-state index in [2.05, 4.69) is 13.8 Å². The van der Waals surface area contributed by atoms with E-state index in [0.717, 1.165) is 25.2 Å². The van der Waals surface area contributed by atoms with Gasteiger partial charge in [0.1, 0.15) is 11.5 Å². The van der Waals surface area contributed by atoms with Crippen LogP contribution in [0.5, 0.6) is 5.75 Å². The zero-order chi connectivity index (χ0) is 21.7. The Labute approximate surface area is 177 Å². The highest BCUT2D eigenvalue weighted by Gasteiger charge is 2.46. The lowest BCUT2D eigenvalue weighted by molar-refractivity contribution is -0.895. The fourth-order valence-electron chi connectivity index (χ4n) is 3.88. The van der Waals surface area contributed by atoms with Crippen molar-refractivity contribution in [3.8, 4) is 5.75 Å². The van der Waals surface area contributed by atoms with Crippen LogP contribution in [0.2, 0.25) is 0 Å². The summed E-state index contributed by atoms with van der Waals surface area (Å²) >= 11 is 0. The van der Waals surface area contributed by atoms with E-state index in [1.165, 1.54) is 4.90 Å². The topological polar surface area (TPSA) is 71.3 Å². The molecule has 1 amide bonds. The van der Waals surface area contributed by atoms with Crippen LogP contribution in [0, 0.1) is 0 Å². The van der Waals surface area contributed by atoms with Crippen LogP contribution in [0.4, 0.5) is 0 Å². The summed E-state index contributed by atoms with van der Waals surface area (Å²) in [6, 6.07) is 15.6. The van der Waals surface area contributed by atoms with Crippen LogP contribution < -0.4 is 9.64 Å². The van der Waals surface area contributed by atoms with Crippen LogP contribution in [0.1, 0.15) is 31.0 Å². The quantitative estimate of drug-likeness (QED) is 0.398. The molecule has 158 valence electrons. The SMILES string of the molecule is CC[NH+](CC)CCN1C(=O)C(=O)C(=C(O)c2ccc(OC)cc2)[C@H]1c1ccccc1. The van der Waals surface area contributed by atoms with Crippen molar-refractivity contribution in [2.45, 2.75) is 19.9 Å². The Hall–Kier alpha value is -3.12. The minimum atomic E-state index is -0.647. The number of nitrogens with zero attached hydrogens (tertiary/aromatic N) is 1. The number of nitrogens with one attached hydrogen (secondary N) is 1. The van der Waals surface area contributed by atoms with E-state index >= 15 is 0 Å². The number of aliphatic hydroxyl groups excluding tert-OH is 1. The van der Waals surface area contributed by atoms with Crippen LogP contribution in [0.25, 0.3) is 5.76 Å². The molecule has 6 nitrogen and oxygen atoms in total. The molecule has 6 heteroatoms. The van der Waals surface area contributed by atoms with Crippen molar-refractivity contribution in [2.24, 2.45) is 0 Å². The molecule has 1 heterocycles. The molecular weight excluding hydrogens is 380 g/mol. The van der Waals surface area contributed by atoms with Crippen molar-refractivity contribution in [3.05, 3.63) is 71.3 Å². The molecule has 2 N–H and O–H groups in total. The number of ketones is 1. The highest BCUT2D eigenvalue weighted by Crippen LogP contribution is 2.39. The second kappa shape index (κ2) is 9.59. The average molecular weight is 410 g/mol. The molecule has 0 aromatic heterocycles. The largest absolute Gasteiger partial charge is 0.507 e. The number of hydrogen-bond acceptors (Lipinski definition) is 4. The first kappa shape index (κ1) is 21.6. The number of methoxy groups -OCH3 is 1. The monoisotopic (exact) mass is 409 g/mol. The van der Waals surface area contributed by atoms with Gasteiger partial charge in [-0.2, -0.15) is 0 Å². The lowest BCUT2D eigenvalue weighted by Crippen LogP contribution is -3.12. The van der Waals surface area contributed by atoms with Crippen molar-refractivity contribution < 1.29 is 24.3 Å². The molecule has 2 aromatic rings. The predicted molar refractivity (Wildman–Crippen MR) is 115 cm³/mol. The Bertz CT molecular complexity index is 918. The number of likely N-dealkylation sites (tertiary alicyclic amines) is 1. The minimum Gasteiger partial charge on any atom is -0.507 e. The molecule has 0 saturated carbocycles. The summed E-state index contributed by atoms with van der Waals surface area (Å²) in [7, 11) is 1.56. The van der Waals surface area contributed by atoms with E-state index in [9.17, 15) is 14.7 Å². The van der Waals surface area contributed by atoms with E-state index in [1.807, 2.05) is 30.3 Å². The second-order valence-electron chi connectivity index (χ2n) is 7.34. The summed E-state index contributed by atoms with van der Waals surface area (Å²) in [5.74, 6) is -0.728. The van der Waals surface area contributed by atoms with Gasteiger partial charge in [-0.15, -0.1) is 0 Å². The van der Waals surface area contributed by atoms with Gasteiger partial charge in [0.25, 0.3) is 11.7 Å². The summed E-state index contributed by atoms with van der Waals surface area (Å²) in [5, 5.41) is 11.0. The number of amides is 1. The van der Waals surface area contributed by atoms with Crippen molar-refractivity contribution in [1.29, 1.82) is 0 Å². The highest BCUT2D eigenvalue weighted by atomic mass is 16.5. The normalized spacial score (nSPS) is 18.3. The third-order valence-corrected chi connectivity index (χ3v) is 5.72. The standard InChI is InChI=1S/C24H28N2O4/c1-4-25(5-2)15-16-26-21(17-9-7-6-8-10-17)20(23(28)24(26)29)22(27)18-11-13-19(30-3)14-12-18/h6-14,21,27H,4-5,15-16H2,1-3H3/p+1/t21-/m1/s1. The van der Waals surface area contributed by atoms with Gasteiger partial charge in [-0.1, -0.05) is 30.3 Å². The summed E-state index contributed by atoms with van der Waals surface area (Å²) in [6.45, 7) is 7.29. The van der Waals surface area contributed by atoms with Gasteiger partial charge in [0.2, 0.25) is 0 Å². The minimum absolute atomic E-state index is 0.130. The van der Waals surface area contributed by atoms with E-state index < -0.39 is 17.7 Å². The number of Topliss-reactive ketones (excluding diaryl/α,β-unsaturated/α-hetero) is 1. The molecule has 0 spiro atoms. The lowest BCUT2D eigenvalue weighted by Gasteiger charge is -2.26. The number of carbonyl (C=O) groups excluding carboxylic acids is 2. The molecule has 1 fully saturated rings. The molecular formula is C24H29N2O4+. The van der Waals surface area contributed by atoms with Crippen molar-refractivity contribution in [3.63, 3.8) is 0 Å². The fourth-order valence-corrected chi connectivity index (χ4v) is 3.88. The van der Waals surface area contributed by atoms with Crippen LogP contribution in [-0.2, 0) is 9.59 Å². The van der Waals surface area contributed by atoms with Gasteiger partial charge in [-0.3, -0.25) is 9.59 Å². The van der Waals surface area contributed by atoms with Crippen molar-refractivity contribution in [2.75, 3.05) is 33.3 Å². The Kier molecular flexibility index (Phi) is 6.90. The first-order valence-electron chi connectivity index (χ1n) is 10.3. The molecule has 1 aliphatic rings. The number of rotatable bonds is 8. The molecule has 0 aliphatic carbocycles. The third-order valence-electron chi connectivity index (χ3n) is 5.72. The summed E-state index contributed by atoms with van der Waals surface area (Å²) in [6.07, 6.45) is 0. The Balaban J connectivity index is 2.05. The maximum atomic E-state index is 13.0. The number of quaternary nitrogens is 1. The lowest BCUT2D eigenvalue weighted by atomic mass is 9.95. The van der Waals surface area contributed by atoms with Gasteiger partial charge in [0.15, 0.2) is 0 Å². The molecule has 3 rings (SSSR count). The molecule has 1 saturated heterocycles. The number of likely N-dealkylation sites (N-methyl/N-ethyl adjacent to an activating group) is 1. The molecule has 1 atom stereocenters. The number of aliphatic hydroxyl groups is 1. The molecule has 0 radical (unpaired) electrons. The maximum absolute atomic E-state index is 13.0. The number of hydrogen-bond donors (Lipinski definition) is 2. The molecule has 1 aliphatic heterocycles. The zero-order valence-electron chi connectivity index (χ0n) is 17.7. The smallest absolute Gasteiger partial charge is 0.295 e. The molecule has 0 unspecified atom stereocenters. The van der Waals surface area contributed by atoms with Gasteiger partial charge in [-0.25, -0.2) is 0 Å². The van der Waals surface area contributed by atoms with E-state index in [1.54, 1.807) is 36.3 Å². The average Bonchev–Trinajstić information content (AvgIpc) is 3.05. The fraction of sp³-hybridized carbons (Fsp3) is 0.333. The maximum Gasteiger partial charge on any atom is 0.295 e. The summed E-state index contributed by atoms with van der Waals surface area (Å²) in [4.78, 5) is 28.8. The van der Waals surface area contributed by atoms with E-state index in [0.29, 0.717) is 17.9 Å². The third kappa shape index (κ3) is 4.24. The number of carbonyl (C=O) groups is 2. The summed E-state index contributed by atoms with van der Waals surface area (Å²) in [5.41, 5.74) is 1.41. The first-order chi connectivity index (χ1) is 14.5. The summed E-state index contributed by atoms with van der Waals surface area (Å²) < 4.78 is 5.17. The van der Waals surface area contributed by atoms with Crippen LogP contribution in [0.15, 0.2) is 60.2 Å². The molecule has 0 bridgehead atoms. The van der Waals surface area contributed by atoms with E-state index in [-0.39, 0.29) is 11.3 Å². The van der Waals surface area contributed by atoms with Gasteiger partial charge in [0, 0.05) is 5.56 Å². The van der Waals surface area contributed by atoms with Crippen molar-refractivity contribution in [1.82, 2.24) is 4.90 Å². The number of ether oxygens (including phenoxy) is 1. The van der Waals surface area contributed by atoms with Crippen LogP contribution >= 0.6 is 0 Å². The Morgan fingerprint density at radius 3 is 2.23 bits per heavy atom. The Morgan fingerprint density at radius 2 is 1.67 bits per heavy atom. The van der Waals surface area contributed by atoms with Gasteiger partial charge in [0.05, 0.1) is 44.9 Å². The van der Waals surface area contributed by atoms with Gasteiger partial charge >= 0.3 is 0 Å². The highest BCUT2D eigenvalue weighted by molar-refractivity contribution is 6.46. The zero-order valence-corrected chi connectivity index (χ0v) is 17.7. The number of benzene rings is 2. The molecule has 2 aromatic carbocycles. The molecule has 30 heavy (non-hydrogen) atoms. The van der Waals surface area contributed by atoms with Crippen molar-refractivity contribution >= 4 is 17.4 Å². The predicted octanol–water partition coefficient (Wildman–Crippen LogP) is 2.04. The van der Waals surface area contributed by atoms with Crippen LogP contribution in [0.3, 0.4) is 0 Å². The van der Waals surface area contributed by atoms with Gasteiger partial charge in [-0.05, 0) is 43.7 Å². The van der Waals surface area contributed by atoms with E-state index in [4.69, 9.17) is 4.74 Å².